The smallest absolute Gasteiger partial charge is 0.262 e. The van der Waals surface area contributed by atoms with E-state index in [2.05, 4.69) is 10.3 Å². The van der Waals surface area contributed by atoms with Gasteiger partial charge in [-0.1, -0.05) is 30.0 Å². The fraction of sp³-hybridized carbons (Fsp3) is 0.241. The molecule has 194 valence electrons. The van der Waals surface area contributed by atoms with Crippen molar-refractivity contribution in [3.63, 3.8) is 0 Å². The van der Waals surface area contributed by atoms with Crippen LogP contribution in [0.25, 0.3) is 0 Å². The van der Waals surface area contributed by atoms with Crippen molar-refractivity contribution in [2.45, 2.75) is 38.0 Å². The van der Waals surface area contributed by atoms with Gasteiger partial charge in [-0.25, -0.2) is 9.40 Å². The molecule has 0 unspecified atom stereocenters. The first-order valence-corrected chi connectivity index (χ1v) is 13.1. The molecule has 3 aromatic carbocycles. The summed E-state index contributed by atoms with van der Waals surface area (Å²) in [5.41, 5.74) is 5.37. The van der Waals surface area contributed by atoms with E-state index in [0.717, 1.165) is 33.7 Å². The number of hydrogen-bond donors (Lipinski definition) is 1. The second-order valence-corrected chi connectivity index (χ2v) is 10.5. The van der Waals surface area contributed by atoms with E-state index in [1.807, 2.05) is 56.3 Å². The van der Waals surface area contributed by atoms with Crippen LogP contribution in [-0.2, 0) is 9.59 Å². The Bertz CT molecular complexity index is 1420. The predicted octanol–water partition coefficient (Wildman–Crippen LogP) is 5.63. The topological polar surface area (TPSA) is 83.4 Å². The quantitative estimate of drug-likeness (QED) is 0.447. The van der Waals surface area contributed by atoms with Gasteiger partial charge in [0.2, 0.25) is 5.91 Å². The number of halogens is 1. The van der Waals surface area contributed by atoms with Crippen molar-refractivity contribution >= 4 is 40.1 Å². The third-order valence-electron chi connectivity index (χ3n) is 6.39. The molecule has 2 heterocycles. The minimum Gasteiger partial charge on any atom is -0.497 e. The molecule has 0 aromatic heterocycles. The third-order valence-corrected chi connectivity index (χ3v) is 7.53. The van der Waals surface area contributed by atoms with Crippen LogP contribution in [0.5, 0.6) is 5.75 Å². The molecule has 2 aliphatic rings. The minimum atomic E-state index is -0.648. The lowest BCUT2D eigenvalue weighted by atomic mass is 9.98. The Morgan fingerprint density at radius 3 is 2.42 bits per heavy atom. The van der Waals surface area contributed by atoms with Crippen LogP contribution in [0.2, 0.25) is 0 Å². The highest BCUT2D eigenvalue weighted by Gasteiger charge is 2.39. The molecule has 3 aromatic rings. The molecule has 0 saturated carbocycles. The number of amidine groups is 1. The minimum absolute atomic E-state index is 0.00635. The number of benzene rings is 3. The molecule has 0 spiro atoms. The summed E-state index contributed by atoms with van der Waals surface area (Å²) in [6.45, 7) is 3.93. The molecule has 1 N–H and O–H groups in total. The SMILES string of the molecule is COc1ccc(C2=NN(C3=NC(=O)[C@@H](CC(=O)Nc4cc(C)cc(C)c4)S3)[C@@H](c3ccc(F)cc3)C2)cc1. The molecule has 0 bridgehead atoms. The zero-order valence-corrected chi connectivity index (χ0v) is 22.1. The zero-order chi connectivity index (χ0) is 26.8. The lowest BCUT2D eigenvalue weighted by Gasteiger charge is -2.23. The van der Waals surface area contributed by atoms with E-state index in [1.165, 1.54) is 23.9 Å². The van der Waals surface area contributed by atoms with Gasteiger partial charge in [-0.3, -0.25) is 9.59 Å². The number of hydrazone groups is 1. The van der Waals surface area contributed by atoms with Crippen LogP contribution in [0.1, 0.15) is 41.1 Å². The van der Waals surface area contributed by atoms with Gasteiger partial charge in [-0.2, -0.15) is 10.1 Å². The highest BCUT2D eigenvalue weighted by atomic mass is 32.2. The van der Waals surface area contributed by atoms with Gasteiger partial charge >= 0.3 is 0 Å². The number of aryl methyl sites for hydroxylation is 2. The first kappa shape index (κ1) is 25.7. The fourth-order valence-corrected chi connectivity index (χ4v) is 5.68. The van der Waals surface area contributed by atoms with Crippen molar-refractivity contribution in [2.24, 2.45) is 10.1 Å². The molecular weight excluding hydrogens is 503 g/mol. The first-order chi connectivity index (χ1) is 18.3. The van der Waals surface area contributed by atoms with Crippen LogP contribution >= 0.6 is 11.8 Å². The van der Waals surface area contributed by atoms with Gasteiger partial charge < -0.3 is 10.1 Å². The number of carbonyl (C=O) groups is 2. The molecule has 0 aliphatic carbocycles. The summed E-state index contributed by atoms with van der Waals surface area (Å²) < 4.78 is 18.9. The summed E-state index contributed by atoms with van der Waals surface area (Å²) in [6, 6.07) is 19.4. The van der Waals surface area contributed by atoms with Crippen LogP contribution in [0, 0.1) is 19.7 Å². The Labute approximate surface area is 224 Å². The summed E-state index contributed by atoms with van der Waals surface area (Å²) in [7, 11) is 1.61. The van der Waals surface area contributed by atoms with Crippen LogP contribution in [0.3, 0.4) is 0 Å². The van der Waals surface area contributed by atoms with E-state index in [9.17, 15) is 14.0 Å². The molecule has 2 amide bonds. The number of aliphatic imine (C=N–C) groups is 1. The number of methoxy groups -OCH3 is 1. The van der Waals surface area contributed by atoms with E-state index in [4.69, 9.17) is 9.84 Å². The third kappa shape index (κ3) is 5.62. The van der Waals surface area contributed by atoms with Gasteiger partial charge in [-0.05, 0) is 84.6 Å². The van der Waals surface area contributed by atoms with E-state index in [1.54, 1.807) is 24.3 Å². The highest BCUT2D eigenvalue weighted by Crippen LogP contribution is 2.39. The lowest BCUT2D eigenvalue weighted by Crippen LogP contribution is -2.25. The maximum Gasteiger partial charge on any atom is 0.262 e. The molecule has 0 saturated heterocycles. The van der Waals surface area contributed by atoms with E-state index in [0.29, 0.717) is 17.3 Å². The Morgan fingerprint density at radius 1 is 1.08 bits per heavy atom. The Hall–Kier alpha value is -3.98. The molecular formula is C29H27FN4O3S. The second kappa shape index (κ2) is 10.8. The van der Waals surface area contributed by atoms with Gasteiger partial charge in [0.15, 0.2) is 5.17 Å². The molecule has 0 radical (unpaired) electrons. The Kier molecular flexibility index (Phi) is 7.28. The maximum absolute atomic E-state index is 13.6. The summed E-state index contributed by atoms with van der Waals surface area (Å²) >= 11 is 1.23. The van der Waals surface area contributed by atoms with Crippen molar-refractivity contribution in [2.75, 3.05) is 12.4 Å². The van der Waals surface area contributed by atoms with Gasteiger partial charge in [0, 0.05) is 18.5 Å². The van der Waals surface area contributed by atoms with Gasteiger partial charge in [0.05, 0.1) is 18.9 Å². The van der Waals surface area contributed by atoms with E-state index >= 15 is 0 Å². The van der Waals surface area contributed by atoms with Gasteiger partial charge in [0.1, 0.15) is 16.8 Å². The lowest BCUT2D eigenvalue weighted by molar-refractivity contribution is -0.121. The normalized spacial score (nSPS) is 18.8. The molecule has 2 aliphatic heterocycles. The van der Waals surface area contributed by atoms with Crippen LogP contribution in [0.4, 0.5) is 10.1 Å². The Balaban J connectivity index is 1.35. The first-order valence-electron chi connectivity index (χ1n) is 12.2. The van der Waals surface area contributed by atoms with E-state index < -0.39 is 5.25 Å². The number of anilines is 1. The average Bonchev–Trinajstić information content (AvgIpc) is 3.48. The largest absolute Gasteiger partial charge is 0.497 e. The van der Waals surface area contributed by atoms with E-state index in [-0.39, 0.29) is 30.1 Å². The van der Waals surface area contributed by atoms with Crippen molar-refractivity contribution in [3.8, 4) is 5.75 Å². The van der Waals surface area contributed by atoms with Gasteiger partial charge in [0.25, 0.3) is 5.91 Å². The van der Waals surface area contributed by atoms with Crippen molar-refractivity contribution in [3.05, 3.63) is 94.8 Å². The maximum atomic E-state index is 13.6. The number of nitrogens with one attached hydrogen (secondary N) is 1. The van der Waals surface area contributed by atoms with Crippen molar-refractivity contribution in [1.29, 1.82) is 0 Å². The number of carbonyl (C=O) groups excluding carboxylic acids is 2. The standard InChI is InChI=1S/C29H27FN4O3S/c1-17-12-18(2)14-22(13-17)31-27(35)16-26-28(36)32-29(38-26)34-25(20-4-8-21(30)9-5-20)15-24(33-34)19-6-10-23(37-3)11-7-19/h4-14,25-26H,15-16H2,1-3H3,(H,31,35)/t25-,26-/m1/s1. The van der Waals surface area contributed by atoms with Gasteiger partial charge in [-0.15, -0.1) is 0 Å². The van der Waals surface area contributed by atoms with Crippen LogP contribution in [0.15, 0.2) is 76.8 Å². The summed E-state index contributed by atoms with van der Waals surface area (Å²) in [6.07, 6.45) is 0.539. The van der Waals surface area contributed by atoms with Crippen LogP contribution in [-0.4, -0.2) is 40.1 Å². The monoisotopic (exact) mass is 530 g/mol. The van der Waals surface area contributed by atoms with Crippen molar-refractivity contribution in [1.82, 2.24) is 5.01 Å². The molecule has 38 heavy (non-hydrogen) atoms. The number of ether oxygens (including phenoxy) is 1. The molecule has 5 rings (SSSR count). The number of rotatable bonds is 6. The Morgan fingerprint density at radius 2 is 1.76 bits per heavy atom. The van der Waals surface area contributed by atoms with Crippen molar-refractivity contribution < 1.29 is 18.7 Å². The number of hydrogen-bond acceptors (Lipinski definition) is 6. The number of nitrogens with zero attached hydrogens (tertiary/aromatic N) is 3. The number of amides is 2. The summed E-state index contributed by atoms with van der Waals surface area (Å²) in [5, 5.41) is 9.21. The number of thioether (sulfide) groups is 1. The fourth-order valence-electron chi connectivity index (χ4n) is 4.62. The molecule has 7 nitrogen and oxygen atoms in total. The molecule has 0 fully saturated rings. The van der Waals surface area contributed by atoms with Crippen LogP contribution < -0.4 is 10.1 Å². The zero-order valence-electron chi connectivity index (χ0n) is 21.3. The second-order valence-electron chi connectivity index (χ2n) is 9.36. The highest BCUT2D eigenvalue weighted by molar-refractivity contribution is 8.15. The summed E-state index contributed by atoms with van der Waals surface area (Å²) in [5.74, 6) is -0.211. The molecule has 9 heteroatoms. The molecule has 2 atom stereocenters. The average molecular weight is 531 g/mol. The summed E-state index contributed by atoms with van der Waals surface area (Å²) in [4.78, 5) is 29.9. The predicted molar refractivity (Wildman–Crippen MR) is 148 cm³/mol.